The van der Waals surface area contributed by atoms with Crippen LogP contribution in [0.3, 0.4) is 0 Å². The third kappa shape index (κ3) is 4.12. The molecule has 1 atom stereocenters. The van der Waals surface area contributed by atoms with Gasteiger partial charge in [0.2, 0.25) is 11.8 Å². The molecule has 4 rings (SSSR count). The SMILES string of the molecule is Cn1nccc1-c1ccc(CNC(=O)C2CCCN2C(=O)C2(N)CCCCC2)cc1. The number of hydrogen-bond acceptors (Lipinski definition) is 4. The maximum atomic E-state index is 13.1. The average molecular weight is 410 g/mol. The van der Waals surface area contributed by atoms with E-state index in [1.54, 1.807) is 11.1 Å². The summed E-state index contributed by atoms with van der Waals surface area (Å²) in [6.45, 7) is 1.06. The van der Waals surface area contributed by atoms with Crippen LogP contribution in [0.5, 0.6) is 0 Å². The summed E-state index contributed by atoms with van der Waals surface area (Å²) in [4.78, 5) is 27.7. The maximum absolute atomic E-state index is 13.1. The lowest BCUT2D eigenvalue weighted by atomic mass is 9.81. The molecule has 2 heterocycles. The van der Waals surface area contributed by atoms with E-state index < -0.39 is 11.6 Å². The number of aromatic nitrogens is 2. The highest BCUT2D eigenvalue weighted by atomic mass is 16.2. The first-order valence-electron chi connectivity index (χ1n) is 10.9. The molecule has 7 nitrogen and oxygen atoms in total. The van der Waals surface area contributed by atoms with Crippen molar-refractivity contribution in [2.45, 2.75) is 63.1 Å². The van der Waals surface area contributed by atoms with Gasteiger partial charge < -0.3 is 16.0 Å². The number of nitrogens with one attached hydrogen (secondary N) is 1. The van der Waals surface area contributed by atoms with Crippen molar-refractivity contribution in [1.82, 2.24) is 20.0 Å². The lowest BCUT2D eigenvalue weighted by molar-refractivity contribution is -0.143. The van der Waals surface area contributed by atoms with Gasteiger partial charge in [0.1, 0.15) is 6.04 Å². The second-order valence-electron chi connectivity index (χ2n) is 8.63. The highest BCUT2D eigenvalue weighted by Crippen LogP contribution is 2.30. The Kier molecular flexibility index (Phi) is 5.90. The van der Waals surface area contributed by atoms with Crippen LogP contribution in [0.2, 0.25) is 0 Å². The molecule has 2 amide bonds. The van der Waals surface area contributed by atoms with Crippen LogP contribution in [0.4, 0.5) is 0 Å². The zero-order chi connectivity index (χ0) is 21.1. The number of aryl methyl sites for hydroxylation is 1. The molecule has 1 saturated heterocycles. The van der Waals surface area contributed by atoms with Gasteiger partial charge >= 0.3 is 0 Å². The number of carbonyl (C=O) groups excluding carboxylic acids is 2. The van der Waals surface area contributed by atoms with Crippen LogP contribution in [0.25, 0.3) is 11.3 Å². The molecule has 1 aliphatic heterocycles. The molecule has 1 saturated carbocycles. The van der Waals surface area contributed by atoms with Gasteiger partial charge in [0.15, 0.2) is 0 Å². The van der Waals surface area contributed by atoms with E-state index in [0.717, 1.165) is 55.3 Å². The fourth-order valence-corrected chi connectivity index (χ4v) is 4.72. The summed E-state index contributed by atoms with van der Waals surface area (Å²) < 4.78 is 1.83. The molecule has 1 unspecified atom stereocenters. The van der Waals surface area contributed by atoms with Gasteiger partial charge in [0.05, 0.1) is 11.2 Å². The zero-order valence-corrected chi connectivity index (χ0v) is 17.6. The van der Waals surface area contributed by atoms with E-state index in [2.05, 4.69) is 10.4 Å². The molecule has 0 bridgehead atoms. The standard InChI is InChI=1S/C23H31N5O2/c1-27-19(11-14-26-27)18-9-7-17(8-10-18)16-25-21(29)20-6-5-15-28(20)22(30)23(24)12-3-2-4-13-23/h7-11,14,20H,2-6,12-13,15-16,24H2,1H3,(H,25,29). The monoisotopic (exact) mass is 409 g/mol. The second kappa shape index (κ2) is 8.60. The van der Waals surface area contributed by atoms with Crippen LogP contribution in [0.15, 0.2) is 36.5 Å². The average Bonchev–Trinajstić information content (AvgIpc) is 3.41. The number of amides is 2. The lowest BCUT2D eigenvalue weighted by Gasteiger charge is -2.37. The molecule has 2 aliphatic rings. The van der Waals surface area contributed by atoms with E-state index in [0.29, 0.717) is 19.5 Å². The third-order valence-corrected chi connectivity index (χ3v) is 6.53. The van der Waals surface area contributed by atoms with Gasteiger partial charge in [-0.1, -0.05) is 43.5 Å². The van der Waals surface area contributed by atoms with Crippen molar-refractivity contribution in [2.75, 3.05) is 6.54 Å². The van der Waals surface area contributed by atoms with Gasteiger partial charge in [0.25, 0.3) is 0 Å². The molecule has 0 radical (unpaired) electrons. The normalized spacial score (nSPS) is 20.9. The Morgan fingerprint density at radius 1 is 1.13 bits per heavy atom. The molecule has 2 fully saturated rings. The first-order valence-corrected chi connectivity index (χ1v) is 10.9. The molecule has 7 heteroatoms. The third-order valence-electron chi connectivity index (χ3n) is 6.53. The maximum Gasteiger partial charge on any atom is 0.243 e. The van der Waals surface area contributed by atoms with Crippen molar-refractivity contribution < 1.29 is 9.59 Å². The Morgan fingerprint density at radius 3 is 2.53 bits per heavy atom. The number of nitrogens with two attached hydrogens (primary N) is 1. The summed E-state index contributed by atoms with van der Waals surface area (Å²) in [5, 5.41) is 7.21. The molecular formula is C23H31N5O2. The highest BCUT2D eigenvalue weighted by Gasteiger charge is 2.43. The first-order chi connectivity index (χ1) is 14.5. The van der Waals surface area contributed by atoms with Crippen LogP contribution in [-0.2, 0) is 23.2 Å². The van der Waals surface area contributed by atoms with Crippen LogP contribution < -0.4 is 11.1 Å². The number of rotatable bonds is 5. The fourth-order valence-electron chi connectivity index (χ4n) is 4.72. The molecule has 3 N–H and O–H groups in total. The highest BCUT2D eigenvalue weighted by molar-refractivity contribution is 5.92. The van der Waals surface area contributed by atoms with Crippen molar-refractivity contribution in [2.24, 2.45) is 12.8 Å². The summed E-state index contributed by atoms with van der Waals surface area (Å²) in [6, 6.07) is 9.65. The van der Waals surface area contributed by atoms with E-state index in [4.69, 9.17) is 5.73 Å². The van der Waals surface area contributed by atoms with Crippen LogP contribution in [0, 0.1) is 0 Å². The molecule has 1 aromatic heterocycles. The van der Waals surface area contributed by atoms with Crippen molar-refractivity contribution in [3.05, 3.63) is 42.1 Å². The number of hydrogen-bond donors (Lipinski definition) is 2. The van der Waals surface area contributed by atoms with Gasteiger partial charge in [0, 0.05) is 26.3 Å². The number of benzene rings is 1. The fraction of sp³-hybridized carbons (Fsp3) is 0.522. The Bertz CT molecular complexity index is 899. The van der Waals surface area contributed by atoms with Crippen LogP contribution in [0.1, 0.15) is 50.5 Å². The Morgan fingerprint density at radius 2 is 1.87 bits per heavy atom. The molecule has 1 aromatic carbocycles. The van der Waals surface area contributed by atoms with Crippen molar-refractivity contribution in [1.29, 1.82) is 0 Å². The summed E-state index contributed by atoms with van der Waals surface area (Å²) in [5.41, 5.74) is 8.81. The molecule has 2 aromatic rings. The zero-order valence-electron chi connectivity index (χ0n) is 17.6. The van der Waals surface area contributed by atoms with E-state index in [1.165, 1.54) is 0 Å². The summed E-state index contributed by atoms with van der Waals surface area (Å²) in [6.07, 6.45) is 7.88. The Balaban J connectivity index is 1.36. The minimum absolute atomic E-state index is 0.0413. The molecule has 160 valence electrons. The van der Waals surface area contributed by atoms with Gasteiger partial charge in [-0.2, -0.15) is 5.10 Å². The quantitative estimate of drug-likeness (QED) is 0.793. The minimum Gasteiger partial charge on any atom is -0.350 e. The predicted molar refractivity (Wildman–Crippen MR) is 115 cm³/mol. The molecule has 0 spiro atoms. The number of carbonyl (C=O) groups is 2. The summed E-state index contributed by atoms with van der Waals surface area (Å²) >= 11 is 0. The van der Waals surface area contributed by atoms with Gasteiger partial charge in [-0.05, 0) is 42.9 Å². The first kappa shape index (κ1) is 20.6. The molecule has 1 aliphatic carbocycles. The largest absolute Gasteiger partial charge is 0.350 e. The number of likely N-dealkylation sites (tertiary alicyclic amines) is 1. The van der Waals surface area contributed by atoms with Gasteiger partial charge in [-0.25, -0.2) is 0 Å². The van der Waals surface area contributed by atoms with Crippen molar-refractivity contribution in [3.63, 3.8) is 0 Å². The van der Waals surface area contributed by atoms with Crippen molar-refractivity contribution in [3.8, 4) is 11.3 Å². The smallest absolute Gasteiger partial charge is 0.243 e. The van der Waals surface area contributed by atoms with Gasteiger partial charge in [-0.3, -0.25) is 14.3 Å². The minimum atomic E-state index is -0.789. The number of nitrogens with zero attached hydrogens (tertiary/aromatic N) is 3. The van der Waals surface area contributed by atoms with Crippen LogP contribution >= 0.6 is 0 Å². The van der Waals surface area contributed by atoms with Crippen LogP contribution in [-0.4, -0.2) is 44.6 Å². The van der Waals surface area contributed by atoms with E-state index in [-0.39, 0.29) is 11.8 Å². The summed E-state index contributed by atoms with van der Waals surface area (Å²) in [7, 11) is 1.91. The topological polar surface area (TPSA) is 93.2 Å². The second-order valence-corrected chi connectivity index (χ2v) is 8.63. The Hall–Kier alpha value is -2.67. The Labute approximate surface area is 177 Å². The predicted octanol–water partition coefficient (Wildman–Crippen LogP) is 2.36. The molecular weight excluding hydrogens is 378 g/mol. The lowest BCUT2D eigenvalue weighted by Crippen LogP contribution is -2.59. The van der Waals surface area contributed by atoms with Gasteiger partial charge in [-0.15, -0.1) is 0 Å². The molecule has 30 heavy (non-hydrogen) atoms. The van der Waals surface area contributed by atoms with Crippen molar-refractivity contribution >= 4 is 11.8 Å². The van der Waals surface area contributed by atoms with E-state index in [1.807, 2.05) is 42.1 Å². The summed E-state index contributed by atoms with van der Waals surface area (Å²) in [5.74, 6) is -0.128. The van der Waals surface area contributed by atoms with E-state index >= 15 is 0 Å². The van der Waals surface area contributed by atoms with E-state index in [9.17, 15) is 9.59 Å².